The van der Waals surface area contributed by atoms with Gasteiger partial charge in [0, 0.05) is 18.0 Å². The van der Waals surface area contributed by atoms with Crippen molar-refractivity contribution in [2.24, 2.45) is 26.9 Å². The van der Waals surface area contributed by atoms with Gasteiger partial charge < -0.3 is 21.7 Å². The van der Waals surface area contributed by atoms with E-state index in [2.05, 4.69) is 35.4 Å². The van der Waals surface area contributed by atoms with Crippen molar-refractivity contribution in [3.8, 4) is 5.75 Å². The lowest BCUT2D eigenvalue weighted by molar-refractivity contribution is 0.220. The van der Waals surface area contributed by atoms with Gasteiger partial charge in [0.05, 0.1) is 12.6 Å². The van der Waals surface area contributed by atoms with Gasteiger partial charge in [-0.15, -0.1) is 11.3 Å². The SMILES string of the molecule is C/C=S(\c1scc(N=C(N)C(N)=N[C@@H](c2ccccc2)C(C)(C)C)c1O)N1CCCC1CO. The molecule has 1 aliphatic rings. The average molecular weight is 490 g/mol. The molecule has 1 saturated heterocycles. The van der Waals surface area contributed by atoms with Crippen LogP contribution in [0.3, 0.4) is 0 Å². The van der Waals surface area contributed by atoms with Crippen LogP contribution in [-0.4, -0.2) is 50.8 Å². The molecule has 1 aliphatic heterocycles. The maximum atomic E-state index is 10.9. The van der Waals surface area contributed by atoms with Crippen molar-refractivity contribution in [1.82, 2.24) is 4.31 Å². The Morgan fingerprint density at radius 1 is 1.27 bits per heavy atom. The van der Waals surface area contributed by atoms with Crippen LogP contribution in [0, 0.1) is 5.41 Å². The number of hydrogen-bond acceptors (Lipinski definition) is 6. The van der Waals surface area contributed by atoms with Crippen LogP contribution in [0.2, 0.25) is 0 Å². The minimum atomic E-state index is -0.417. The third kappa shape index (κ3) is 5.84. The number of hydrogen-bond donors (Lipinski definition) is 4. The van der Waals surface area contributed by atoms with E-state index in [1.165, 1.54) is 11.3 Å². The maximum Gasteiger partial charge on any atom is 0.166 e. The van der Waals surface area contributed by atoms with E-state index in [0.717, 1.165) is 29.2 Å². The Bertz CT molecular complexity index is 1040. The van der Waals surface area contributed by atoms with Crippen LogP contribution in [-0.2, 0) is 0 Å². The molecule has 7 nitrogen and oxygen atoms in total. The van der Waals surface area contributed by atoms with Crippen LogP contribution >= 0.6 is 22.0 Å². The molecule has 2 heterocycles. The summed E-state index contributed by atoms with van der Waals surface area (Å²) in [5, 5.41) is 24.5. The van der Waals surface area contributed by atoms with Crippen molar-refractivity contribution in [3.63, 3.8) is 0 Å². The largest absolute Gasteiger partial charge is 0.504 e. The Labute approximate surface area is 202 Å². The molecule has 1 aromatic heterocycles. The molecule has 0 amide bonds. The van der Waals surface area contributed by atoms with Crippen molar-refractivity contribution in [3.05, 3.63) is 41.3 Å². The zero-order chi connectivity index (χ0) is 24.2. The fraction of sp³-hybridized carbons (Fsp3) is 0.458. The highest BCUT2D eigenvalue weighted by molar-refractivity contribution is 8.14. The highest BCUT2D eigenvalue weighted by Crippen LogP contribution is 2.49. The summed E-state index contributed by atoms with van der Waals surface area (Å²) in [7, 11) is -0.417. The summed E-state index contributed by atoms with van der Waals surface area (Å²) in [6, 6.07) is 9.89. The predicted octanol–water partition coefficient (Wildman–Crippen LogP) is 4.41. The van der Waals surface area contributed by atoms with Crippen LogP contribution in [0.4, 0.5) is 5.69 Å². The summed E-state index contributed by atoms with van der Waals surface area (Å²) < 4.78 is 3.07. The Hall–Kier alpha value is -2.20. The molecule has 3 rings (SSSR count). The second-order valence-corrected chi connectivity index (χ2v) is 12.2. The van der Waals surface area contributed by atoms with Crippen molar-refractivity contribution < 1.29 is 10.2 Å². The van der Waals surface area contributed by atoms with Gasteiger partial charge in [-0.25, -0.2) is 9.30 Å². The summed E-state index contributed by atoms with van der Waals surface area (Å²) in [6.45, 7) is 9.30. The summed E-state index contributed by atoms with van der Waals surface area (Å²) in [6.07, 6.45) is 2.00. The topological polar surface area (TPSA) is 120 Å². The normalized spacial score (nSPS) is 20.3. The van der Waals surface area contributed by atoms with Crippen molar-refractivity contribution in [2.75, 3.05) is 13.2 Å². The molecule has 2 unspecified atom stereocenters. The second kappa shape index (κ2) is 10.8. The molecule has 180 valence electrons. The highest BCUT2D eigenvalue weighted by Gasteiger charge is 2.29. The van der Waals surface area contributed by atoms with Gasteiger partial charge in [-0.1, -0.05) is 61.8 Å². The third-order valence-electron chi connectivity index (χ3n) is 5.62. The van der Waals surface area contributed by atoms with Gasteiger partial charge in [0.2, 0.25) is 0 Å². The number of amidine groups is 2. The molecule has 1 aromatic carbocycles. The Morgan fingerprint density at radius 3 is 2.58 bits per heavy atom. The number of aromatic hydroxyl groups is 1. The number of benzene rings is 1. The van der Waals surface area contributed by atoms with Crippen molar-refractivity contribution in [2.45, 2.75) is 56.8 Å². The zero-order valence-electron chi connectivity index (χ0n) is 19.7. The van der Waals surface area contributed by atoms with E-state index in [1.807, 2.05) is 37.3 Å². The number of aliphatic imine (C=N–C) groups is 2. The van der Waals surface area contributed by atoms with Crippen molar-refractivity contribution in [1.29, 1.82) is 0 Å². The molecule has 9 heteroatoms. The molecular weight excluding hydrogens is 454 g/mol. The Kier molecular flexibility index (Phi) is 8.33. The predicted molar refractivity (Wildman–Crippen MR) is 142 cm³/mol. The molecule has 1 fully saturated rings. The van der Waals surface area contributed by atoms with Crippen LogP contribution in [0.1, 0.15) is 52.1 Å². The van der Waals surface area contributed by atoms with Gasteiger partial charge in [-0.2, -0.15) is 0 Å². The van der Waals surface area contributed by atoms with Gasteiger partial charge >= 0.3 is 0 Å². The van der Waals surface area contributed by atoms with Gasteiger partial charge in [0.25, 0.3) is 0 Å². The Morgan fingerprint density at radius 2 is 1.97 bits per heavy atom. The quantitative estimate of drug-likeness (QED) is 0.272. The number of nitrogens with two attached hydrogens (primary N) is 2. The van der Waals surface area contributed by atoms with E-state index in [0.29, 0.717) is 5.69 Å². The highest BCUT2D eigenvalue weighted by atomic mass is 32.2. The van der Waals surface area contributed by atoms with E-state index in [1.54, 1.807) is 5.38 Å². The standard InChI is InChI=1S/C24H35N5O2S2/c1-5-33(29-13-9-12-17(29)14-30)23-19(31)18(15-32-23)27-21(25)22(26)28-20(24(2,3)4)16-10-7-6-8-11-16/h5-8,10-11,15,17,20,30-31H,9,12-14H2,1-4H3,(H2,25,27)(H2,26,28)/t17?,20-,33?/m0/s1. The molecular formula is C24H35N5O2S2. The monoisotopic (exact) mass is 489 g/mol. The average Bonchev–Trinajstić information content (AvgIpc) is 3.40. The number of nitrogens with zero attached hydrogens (tertiary/aromatic N) is 3. The first-order valence-corrected chi connectivity index (χ1v) is 13.2. The molecule has 0 spiro atoms. The molecule has 0 aliphatic carbocycles. The number of aliphatic hydroxyl groups excluding tert-OH is 1. The fourth-order valence-corrected chi connectivity index (χ4v) is 7.48. The van der Waals surface area contributed by atoms with Gasteiger partial charge in [0.1, 0.15) is 9.90 Å². The van der Waals surface area contributed by atoms with E-state index >= 15 is 0 Å². The first-order chi connectivity index (χ1) is 15.7. The van der Waals surface area contributed by atoms with Crippen LogP contribution in [0.5, 0.6) is 5.75 Å². The summed E-state index contributed by atoms with van der Waals surface area (Å²) in [4.78, 5) is 9.12. The molecule has 0 bridgehead atoms. The van der Waals surface area contributed by atoms with Gasteiger partial charge in [0.15, 0.2) is 17.4 Å². The van der Waals surface area contributed by atoms with E-state index < -0.39 is 10.7 Å². The molecule has 6 N–H and O–H groups in total. The molecule has 0 radical (unpaired) electrons. The first-order valence-electron chi connectivity index (χ1n) is 11.1. The van der Waals surface area contributed by atoms with Crippen LogP contribution in [0.15, 0.2) is 49.9 Å². The second-order valence-electron chi connectivity index (χ2n) is 9.12. The third-order valence-corrected chi connectivity index (χ3v) is 9.18. The lowest BCUT2D eigenvalue weighted by Crippen LogP contribution is -2.33. The molecule has 33 heavy (non-hydrogen) atoms. The first kappa shape index (κ1) is 25.4. The van der Waals surface area contributed by atoms with E-state index in [4.69, 9.17) is 16.5 Å². The zero-order valence-corrected chi connectivity index (χ0v) is 21.4. The fourth-order valence-electron chi connectivity index (χ4n) is 3.95. The smallest absolute Gasteiger partial charge is 0.166 e. The number of thiophene rings is 1. The minimum Gasteiger partial charge on any atom is -0.504 e. The van der Waals surface area contributed by atoms with E-state index in [9.17, 15) is 10.2 Å². The van der Waals surface area contributed by atoms with Crippen LogP contribution in [0.25, 0.3) is 0 Å². The van der Waals surface area contributed by atoms with Crippen LogP contribution < -0.4 is 11.5 Å². The van der Waals surface area contributed by atoms with Gasteiger partial charge in [-0.05, 0) is 36.1 Å². The lowest BCUT2D eigenvalue weighted by Gasteiger charge is -2.28. The minimum absolute atomic E-state index is 0.0783. The van der Waals surface area contributed by atoms with Gasteiger partial charge in [-0.3, -0.25) is 4.99 Å². The lowest BCUT2D eigenvalue weighted by atomic mass is 9.83. The molecule has 0 saturated carbocycles. The number of aliphatic hydroxyl groups is 1. The molecule has 2 aromatic rings. The summed E-state index contributed by atoms with van der Waals surface area (Å²) >= 11 is 1.44. The van der Waals surface area contributed by atoms with E-state index in [-0.39, 0.29) is 41.5 Å². The molecule has 3 atom stereocenters. The maximum absolute atomic E-state index is 10.9. The Balaban J connectivity index is 1.90. The van der Waals surface area contributed by atoms with Crippen molar-refractivity contribution >= 4 is 44.7 Å². The summed E-state index contributed by atoms with van der Waals surface area (Å²) in [5.74, 6) is 0.331. The number of rotatable bonds is 6. The summed E-state index contributed by atoms with van der Waals surface area (Å²) in [5.41, 5.74) is 13.7.